The number of hydrogen-bond acceptors (Lipinski definition) is 4. The van der Waals surface area contributed by atoms with Crippen LogP contribution < -0.4 is 10.1 Å². The van der Waals surface area contributed by atoms with Gasteiger partial charge in [0.05, 0.1) is 7.11 Å². The molecule has 1 aromatic carbocycles. The first-order valence-electron chi connectivity index (χ1n) is 8.06. The highest BCUT2D eigenvalue weighted by Crippen LogP contribution is 2.29. The van der Waals surface area contributed by atoms with Crippen LogP contribution in [0, 0.1) is 5.92 Å². The Morgan fingerprint density at radius 2 is 1.95 bits per heavy atom. The second kappa shape index (κ2) is 8.04. The normalized spacial score (nSPS) is 19.7. The van der Waals surface area contributed by atoms with Gasteiger partial charge < -0.3 is 15.2 Å². The van der Waals surface area contributed by atoms with Crippen molar-refractivity contribution >= 4 is 12.4 Å². The second-order valence-electron chi connectivity index (χ2n) is 6.41. The Morgan fingerprint density at radius 1 is 1.23 bits per heavy atom. The Hall–Kier alpha value is -0.970. The highest BCUT2D eigenvalue weighted by molar-refractivity contribution is 5.85. The van der Waals surface area contributed by atoms with Crippen LogP contribution in [0.1, 0.15) is 31.2 Å². The van der Waals surface area contributed by atoms with Crippen molar-refractivity contribution in [1.82, 2.24) is 10.2 Å². The van der Waals surface area contributed by atoms with Gasteiger partial charge in [-0.05, 0) is 68.9 Å². The molecule has 2 aliphatic rings. The SMILES string of the molecule is COc1ccc(CN2CCC(NCC3CC3)CC2)cc1O.Cl. The summed E-state index contributed by atoms with van der Waals surface area (Å²) in [6.07, 6.45) is 5.31. The Balaban J connectivity index is 0.00000176. The number of benzene rings is 1. The van der Waals surface area contributed by atoms with Gasteiger partial charge in [-0.25, -0.2) is 0 Å². The van der Waals surface area contributed by atoms with Crippen LogP contribution in [0.25, 0.3) is 0 Å². The molecular formula is C17H27ClN2O2. The van der Waals surface area contributed by atoms with Crippen LogP contribution in [-0.4, -0.2) is 42.8 Å². The summed E-state index contributed by atoms with van der Waals surface area (Å²) in [6, 6.07) is 6.40. The van der Waals surface area contributed by atoms with Gasteiger partial charge in [-0.15, -0.1) is 12.4 Å². The van der Waals surface area contributed by atoms with Crippen molar-refractivity contribution in [2.24, 2.45) is 5.92 Å². The predicted molar refractivity (Wildman–Crippen MR) is 90.9 cm³/mol. The Bertz CT molecular complexity index is 472. The maximum absolute atomic E-state index is 9.84. The summed E-state index contributed by atoms with van der Waals surface area (Å²) in [5.41, 5.74) is 1.15. The number of phenols is 1. The molecule has 3 rings (SSSR count). The molecule has 1 saturated heterocycles. The van der Waals surface area contributed by atoms with Gasteiger partial charge in [0.25, 0.3) is 0 Å². The fraction of sp³-hybridized carbons (Fsp3) is 0.647. The van der Waals surface area contributed by atoms with E-state index in [1.807, 2.05) is 18.2 Å². The summed E-state index contributed by atoms with van der Waals surface area (Å²) in [5, 5.41) is 13.5. The number of ether oxygens (including phenoxy) is 1. The van der Waals surface area contributed by atoms with Crippen LogP contribution in [-0.2, 0) is 6.54 Å². The maximum atomic E-state index is 9.84. The number of rotatable bonds is 6. The lowest BCUT2D eigenvalue weighted by Gasteiger charge is -2.32. The monoisotopic (exact) mass is 326 g/mol. The smallest absolute Gasteiger partial charge is 0.160 e. The van der Waals surface area contributed by atoms with Crippen molar-refractivity contribution in [3.05, 3.63) is 23.8 Å². The van der Waals surface area contributed by atoms with Crippen molar-refractivity contribution < 1.29 is 9.84 Å². The number of likely N-dealkylation sites (tertiary alicyclic amines) is 1. The van der Waals surface area contributed by atoms with E-state index in [4.69, 9.17) is 4.74 Å². The van der Waals surface area contributed by atoms with Gasteiger partial charge >= 0.3 is 0 Å². The van der Waals surface area contributed by atoms with Crippen molar-refractivity contribution in [1.29, 1.82) is 0 Å². The van der Waals surface area contributed by atoms with Gasteiger partial charge in [0.15, 0.2) is 11.5 Å². The molecule has 0 unspecified atom stereocenters. The van der Waals surface area contributed by atoms with E-state index in [0.29, 0.717) is 11.8 Å². The van der Waals surface area contributed by atoms with Gasteiger partial charge in [0, 0.05) is 12.6 Å². The molecule has 1 aromatic rings. The molecular weight excluding hydrogens is 300 g/mol. The number of halogens is 1. The minimum atomic E-state index is 0. The third-order valence-corrected chi connectivity index (χ3v) is 4.63. The molecule has 1 aliphatic carbocycles. The average molecular weight is 327 g/mol. The lowest BCUT2D eigenvalue weighted by atomic mass is 10.0. The van der Waals surface area contributed by atoms with E-state index in [2.05, 4.69) is 10.2 Å². The van der Waals surface area contributed by atoms with E-state index in [1.165, 1.54) is 32.2 Å². The van der Waals surface area contributed by atoms with Gasteiger partial charge in [0.1, 0.15) is 0 Å². The molecule has 1 heterocycles. The van der Waals surface area contributed by atoms with Crippen LogP contribution in [0.4, 0.5) is 0 Å². The van der Waals surface area contributed by atoms with Crippen molar-refractivity contribution in [3.63, 3.8) is 0 Å². The highest BCUT2D eigenvalue weighted by atomic mass is 35.5. The zero-order chi connectivity index (χ0) is 14.7. The lowest BCUT2D eigenvalue weighted by Crippen LogP contribution is -2.42. The standard InChI is InChI=1S/C17H26N2O2.ClH/c1-21-17-5-4-14(10-16(17)20)12-19-8-6-15(7-9-19)18-11-13-2-3-13;/h4-5,10,13,15,18,20H,2-3,6-9,11-12H2,1H3;1H. The number of aromatic hydroxyl groups is 1. The topological polar surface area (TPSA) is 44.7 Å². The number of phenolic OH excluding ortho intramolecular Hbond substituents is 1. The van der Waals surface area contributed by atoms with Crippen molar-refractivity contribution in [2.75, 3.05) is 26.7 Å². The summed E-state index contributed by atoms with van der Waals surface area (Å²) in [5.74, 6) is 1.74. The fourth-order valence-corrected chi connectivity index (χ4v) is 3.04. The zero-order valence-electron chi connectivity index (χ0n) is 13.3. The van der Waals surface area contributed by atoms with E-state index in [0.717, 1.165) is 31.1 Å². The Morgan fingerprint density at radius 3 is 2.55 bits per heavy atom. The molecule has 0 aromatic heterocycles. The van der Waals surface area contributed by atoms with Gasteiger partial charge in [-0.1, -0.05) is 6.07 Å². The largest absolute Gasteiger partial charge is 0.504 e. The van der Waals surface area contributed by atoms with Gasteiger partial charge in [0.2, 0.25) is 0 Å². The molecule has 4 nitrogen and oxygen atoms in total. The molecule has 0 amide bonds. The molecule has 22 heavy (non-hydrogen) atoms. The van der Waals surface area contributed by atoms with Crippen molar-refractivity contribution in [2.45, 2.75) is 38.3 Å². The number of nitrogens with zero attached hydrogens (tertiary/aromatic N) is 1. The first-order valence-corrected chi connectivity index (χ1v) is 8.06. The molecule has 0 spiro atoms. The minimum Gasteiger partial charge on any atom is -0.504 e. The lowest BCUT2D eigenvalue weighted by molar-refractivity contribution is 0.190. The van der Waals surface area contributed by atoms with E-state index < -0.39 is 0 Å². The van der Waals surface area contributed by atoms with Gasteiger partial charge in [-0.3, -0.25) is 4.90 Å². The summed E-state index contributed by atoms with van der Waals surface area (Å²) in [6.45, 7) is 4.40. The van der Waals surface area contributed by atoms with Crippen LogP contribution >= 0.6 is 12.4 Å². The number of piperidine rings is 1. The maximum Gasteiger partial charge on any atom is 0.160 e. The van der Waals surface area contributed by atoms with E-state index in [-0.39, 0.29) is 18.2 Å². The third-order valence-electron chi connectivity index (χ3n) is 4.63. The van der Waals surface area contributed by atoms with Crippen LogP contribution in [0.2, 0.25) is 0 Å². The van der Waals surface area contributed by atoms with Crippen LogP contribution in [0.3, 0.4) is 0 Å². The molecule has 2 fully saturated rings. The second-order valence-corrected chi connectivity index (χ2v) is 6.41. The summed E-state index contributed by atoms with van der Waals surface area (Å²) in [4.78, 5) is 2.47. The third kappa shape index (κ3) is 4.77. The molecule has 5 heteroatoms. The molecule has 0 radical (unpaired) electrons. The first-order chi connectivity index (χ1) is 10.2. The number of hydrogen-bond donors (Lipinski definition) is 2. The van der Waals surface area contributed by atoms with E-state index >= 15 is 0 Å². The van der Waals surface area contributed by atoms with Crippen molar-refractivity contribution in [3.8, 4) is 11.5 Å². The van der Waals surface area contributed by atoms with E-state index in [9.17, 15) is 5.11 Å². The molecule has 2 N–H and O–H groups in total. The summed E-state index contributed by atoms with van der Waals surface area (Å²) >= 11 is 0. The predicted octanol–water partition coefficient (Wildman–Crippen LogP) is 2.79. The van der Waals surface area contributed by atoms with Crippen LogP contribution in [0.15, 0.2) is 18.2 Å². The van der Waals surface area contributed by atoms with E-state index in [1.54, 1.807) is 7.11 Å². The fourth-order valence-electron chi connectivity index (χ4n) is 3.04. The molecule has 1 saturated carbocycles. The quantitative estimate of drug-likeness (QED) is 0.843. The first kappa shape index (κ1) is 17.4. The summed E-state index contributed by atoms with van der Waals surface area (Å²) < 4.78 is 5.08. The molecule has 1 aliphatic heterocycles. The number of nitrogens with one attached hydrogen (secondary N) is 1. The molecule has 0 atom stereocenters. The zero-order valence-corrected chi connectivity index (χ0v) is 14.1. The van der Waals surface area contributed by atoms with Gasteiger partial charge in [-0.2, -0.15) is 0 Å². The highest BCUT2D eigenvalue weighted by Gasteiger charge is 2.24. The average Bonchev–Trinajstić information content (AvgIpc) is 3.31. The summed E-state index contributed by atoms with van der Waals surface area (Å²) in [7, 11) is 1.58. The Labute approximate surface area is 139 Å². The minimum absolute atomic E-state index is 0. The molecule has 124 valence electrons. The Kier molecular flexibility index (Phi) is 6.36. The molecule has 0 bridgehead atoms. The van der Waals surface area contributed by atoms with Crippen LogP contribution in [0.5, 0.6) is 11.5 Å². The number of methoxy groups -OCH3 is 1.